The summed E-state index contributed by atoms with van der Waals surface area (Å²) in [6, 6.07) is 17.0. The molecule has 5 aromatic rings. The van der Waals surface area contributed by atoms with Gasteiger partial charge >= 0.3 is 0 Å². The third kappa shape index (κ3) is 3.86. The Bertz CT molecular complexity index is 1810. The lowest BCUT2D eigenvalue weighted by Gasteiger charge is -2.21. The van der Waals surface area contributed by atoms with Gasteiger partial charge in [-0.05, 0) is 84.3 Å². The van der Waals surface area contributed by atoms with Crippen molar-refractivity contribution in [3.63, 3.8) is 0 Å². The fourth-order valence-corrected chi connectivity index (χ4v) is 6.74. The topological polar surface area (TPSA) is 120 Å². The van der Waals surface area contributed by atoms with E-state index >= 15 is 0 Å². The van der Waals surface area contributed by atoms with Gasteiger partial charge in [0.25, 0.3) is 0 Å². The van der Waals surface area contributed by atoms with Crippen LogP contribution in [0.15, 0.2) is 79.8 Å². The van der Waals surface area contributed by atoms with Gasteiger partial charge in [0.15, 0.2) is 17.3 Å². The van der Waals surface area contributed by atoms with Gasteiger partial charge < -0.3 is 16.0 Å². The molecule has 5 heterocycles. The zero-order chi connectivity index (χ0) is 27.7. The van der Waals surface area contributed by atoms with Crippen LogP contribution >= 0.6 is 0 Å². The molecule has 0 bridgehead atoms. The van der Waals surface area contributed by atoms with E-state index in [2.05, 4.69) is 44.7 Å². The molecule has 4 atom stereocenters. The minimum atomic E-state index is 0.0420. The number of nitrogen functional groups attached to an aromatic ring is 1. The van der Waals surface area contributed by atoms with Crippen molar-refractivity contribution in [1.29, 1.82) is 0 Å². The Morgan fingerprint density at radius 2 is 1.95 bits per heavy atom. The van der Waals surface area contributed by atoms with Crippen LogP contribution in [0.5, 0.6) is 0 Å². The highest BCUT2D eigenvalue weighted by Crippen LogP contribution is 2.48. The molecule has 8 rings (SSSR count). The second-order valence-corrected chi connectivity index (χ2v) is 11.1. The smallest absolute Gasteiger partial charge is 0.245 e. The molecular formula is C31H29N9O. The van der Waals surface area contributed by atoms with Crippen LogP contribution < -0.4 is 11.1 Å². The molecule has 4 aromatic heterocycles. The van der Waals surface area contributed by atoms with Crippen LogP contribution in [0.25, 0.3) is 34.1 Å². The standard InChI is InChI=1S/C31H29N9O/c1-2-27(41)38-16-22-23(17-38)28(22)35-24-9-6-18-15-19(7-8-20(18)24)40-30(21-5-3-12-33-29(21)32)36-25-10-11-26(37-31(25)40)39-14-4-13-34-39/h2-5,7-8,10-15,22-24,28,35H,1,6,9,16-17H2,(H2,32,33)/t22-,23+,24?,28?. The molecule has 1 saturated carbocycles. The SMILES string of the molecule is C=CC(=O)N1C[C@@H]2C(NC3CCc4cc(-n5c(-c6cccnc6N)nc6ccc(-n7cccn7)nc65)ccc43)[C@@H]2C1. The summed E-state index contributed by atoms with van der Waals surface area (Å²) in [6.07, 6.45) is 8.77. The highest BCUT2D eigenvalue weighted by molar-refractivity contribution is 5.87. The first-order valence-corrected chi connectivity index (χ1v) is 14.0. The minimum absolute atomic E-state index is 0.0420. The van der Waals surface area contributed by atoms with Crippen molar-refractivity contribution in [2.24, 2.45) is 11.8 Å². The molecule has 3 N–H and O–H groups in total. The second kappa shape index (κ2) is 9.10. The largest absolute Gasteiger partial charge is 0.383 e. The fourth-order valence-electron chi connectivity index (χ4n) is 6.74. The number of pyridine rings is 2. The average Bonchev–Trinajstić information content (AvgIpc) is 3.61. The molecule has 1 saturated heterocycles. The van der Waals surface area contributed by atoms with Crippen LogP contribution in [0.1, 0.15) is 23.6 Å². The number of imidazole rings is 1. The van der Waals surface area contributed by atoms with E-state index in [1.54, 1.807) is 17.1 Å². The maximum Gasteiger partial charge on any atom is 0.245 e. The molecule has 2 aliphatic carbocycles. The minimum Gasteiger partial charge on any atom is -0.383 e. The Kier molecular flexibility index (Phi) is 5.33. The van der Waals surface area contributed by atoms with Crippen LogP contribution in [-0.4, -0.2) is 59.2 Å². The van der Waals surface area contributed by atoms with Gasteiger partial charge in [0.1, 0.15) is 11.3 Å². The van der Waals surface area contributed by atoms with E-state index in [-0.39, 0.29) is 5.91 Å². The number of carbonyl (C=O) groups excluding carboxylic acids is 1. The van der Waals surface area contributed by atoms with E-state index in [9.17, 15) is 4.79 Å². The van der Waals surface area contributed by atoms with Crippen molar-refractivity contribution in [2.75, 3.05) is 18.8 Å². The predicted octanol–water partition coefficient (Wildman–Crippen LogP) is 3.47. The van der Waals surface area contributed by atoms with Crippen molar-refractivity contribution in [1.82, 2.24) is 39.5 Å². The van der Waals surface area contributed by atoms with Gasteiger partial charge in [-0.1, -0.05) is 12.6 Å². The number of benzene rings is 1. The van der Waals surface area contributed by atoms with Crippen LogP contribution in [0.2, 0.25) is 0 Å². The van der Waals surface area contributed by atoms with Crippen LogP contribution in [0.3, 0.4) is 0 Å². The normalized spacial score (nSPS) is 22.6. The molecule has 41 heavy (non-hydrogen) atoms. The van der Waals surface area contributed by atoms with E-state index in [1.807, 2.05) is 41.4 Å². The van der Waals surface area contributed by atoms with Crippen LogP contribution in [0.4, 0.5) is 5.82 Å². The maximum atomic E-state index is 12.0. The third-order valence-electron chi connectivity index (χ3n) is 8.84. The zero-order valence-corrected chi connectivity index (χ0v) is 22.4. The van der Waals surface area contributed by atoms with E-state index < -0.39 is 0 Å². The highest BCUT2D eigenvalue weighted by Gasteiger charge is 2.57. The van der Waals surface area contributed by atoms with Crippen LogP contribution in [-0.2, 0) is 11.2 Å². The number of amides is 1. The van der Waals surface area contributed by atoms with E-state index in [1.165, 1.54) is 17.2 Å². The van der Waals surface area contributed by atoms with Gasteiger partial charge in [0, 0.05) is 49.5 Å². The molecule has 0 radical (unpaired) electrons. The summed E-state index contributed by atoms with van der Waals surface area (Å²) in [5.41, 5.74) is 12.2. The Morgan fingerprint density at radius 1 is 1.07 bits per heavy atom. The quantitative estimate of drug-likeness (QED) is 0.315. The van der Waals surface area contributed by atoms with Gasteiger partial charge in [-0.2, -0.15) is 5.10 Å². The molecular weight excluding hydrogens is 514 g/mol. The summed E-state index contributed by atoms with van der Waals surface area (Å²) in [4.78, 5) is 28.2. The van der Waals surface area contributed by atoms with E-state index in [0.29, 0.717) is 41.4 Å². The lowest BCUT2D eigenvalue weighted by Crippen LogP contribution is -2.35. The Labute approximate surface area is 236 Å². The number of likely N-dealkylation sites (tertiary alicyclic amines) is 1. The van der Waals surface area contributed by atoms with Gasteiger partial charge in [0.05, 0.1) is 5.56 Å². The summed E-state index contributed by atoms with van der Waals surface area (Å²) in [6.45, 7) is 5.28. The van der Waals surface area contributed by atoms with Crippen molar-refractivity contribution >= 4 is 22.9 Å². The van der Waals surface area contributed by atoms with E-state index in [0.717, 1.165) is 48.3 Å². The van der Waals surface area contributed by atoms with Gasteiger partial charge in [-0.15, -0.1) is 0 Å². The van der Waals surface area contributed by atoms with Crippen molar-refractivity contribution in [3.8, 4) is 22.9 Å². The first kappa shape index (κ1) is 24.0. The molecule has 2 unspecified atom stereocenters. The van der Waals surface area contributed by atoms with Gasteiger partial charge in [-0.25, -0.2) is 19.6 Å². The maximum absolute atomic E-state index is 12.0. The molecule has 1 aliphatic heterocycles. The number of rotatable bonds is 6. The lowest BCUT2D eigenvalue weighted by molar-refractivity contribution is -0.125. The fraction of sp³-hybridized carbons (Fsp3) is 0.258. The number of nitrogens with two attached hydrogens (primary N) is 1. The predicted molar refractivity (Wildman–Crippen MR) is 155 cm³/mol. The monoisotopic (exact) mass is 543 g/mol. The molecule has 10 heteroatoms. The zero-order valence-electron chi connectivity index (χ0n) is 22.4. The summed E-state index contributed by atoms with van der Waals surface area (Å²) in [5, 5.41) is 8.27. The number of carbonyl (C=O) groups is 1. The number of anilines is 1. The van der Waals surface area contributed by atoms with Crippen molar-refractivity contribution in [3.05, 3.63) is 90.9 Å². The average molecular weight is 544 g/mol. The second-order valence-electron chi connectivity index (χ2n) is 11.1. The van der Waals surface area contributed by atoms with E-state index in [4.69, 9.17) is 15.7 Å². The number of nitrogens with one attached hydrogen (secondary N) is 1. The highest BCUT2D eigenvalue weighted by atomic mass is 16.2. The molecule has 2 fully saturated rings. The first-order chi connectivity index (χ1) is 20.1. The number of fused-ring (bicyclic) bond motifs is 3. The van der Waals surface area contributed by atoms with Crippen molar-refractivity contribution < 1.29 is 4.79 Å². The number of aryl methyl sites for hydroxylation is 1. The number of hydrogen-bond acceptors (Lipinski definition) is 7. The molecule has 1 aromatic carbocycles. The Balaban J connectivity index is 1.14. The summed E-state index contributed by atoms with van der Waals surface area (Å²) < 4.78 is 3.82. The third-order valence-corrected chi connectivity index (χ3v) is 8.84. The number of nitrogens with zero attached hydrogens (tertiary/aromatic N) is 7. The number of hydrogen-bond donors (Lipinski definition) is 2. The summed E-state index contributed by atoms with van der Waals surface area (Å²) >= 11 is 0. The molecule has 3 aliphatic rings. The van der Waals surface area contributed by atoms with Crippen molar-refractivity contribution in [2.45, 2.75) is 24.9 Å². The van der Waals surface area contributed by atoms with Gasteiger partial charge in [0.2, 0.25) is 5.91 Å². The summed E-state index contributed by atoms with van der Waals surface area (Å²) in [5.74, 6) is 2.96. The Hall–Kier alpha value is -4.83. The molecule has 0 spiro atoms. The first-order valence-electron chi connectivity index (χ1n) is 14.0. The molecule has 1 amide bonds. The van der Waals surface area contributed by atoms with Crippen LogP contribution in [0, 0.1) is 11.8 Å². The Morgan fingerprint density at radius 3 is 2.73 bits per heavy atom. The molecule has 204 valence electrons. The number of piperidine rings is 1. The van der Waals surface area contributed by atoms with Gasteiger partial charge in [-0.3, -0.25) is 9.36 Å². The molecule has 10 nitrogen and oxygen atoms in total. The lowest BCUT2D eigenvalue weighted by atomic mass is 10.1. The summed E-state index contributed by atoms with van der Waals surface area (Å²) in [7, 11) is 0. The number of aromatic nitrogens is 6.